The van der Waals surface area contributed by atoms with E-state index in [4.69, 9.17) is 5.73 Å². The van der Waals surface area contributed by atoms with Crippen LogP contribution in [0.15, 0.2) is 30.7 Å². The van der Waals surface area contributed by atoms with E-state index in [1.165, 1.54) is 0 Å². The second-order valence-corrected chi connectivity index (χ2v) is 8.03. The minimum Gasteiger partial charge on any atom is -0.369 e. The van der Waals surface area contributed by atoms with E-state index in [1.54, 1.807) is 23.9 Å². The first-order valence-corrected chi connectivity index (χ1v) is 10.5. The van der Waals surface area contributed by atoms with Crippen LogP contribution in [0.4, 0.5) is 5.69 Å². The van der Waals surface area contributed by atoms with Crippen LogP contribution in [0.3, 0.4) is 0 Å². The van der Waals surface area contributed by atoms with Crippen LogP contribution >= 0.6 is 0 Å². The molecule has 3 aromatic heterocycles. The number of nitrogens with zero attached hydrogens (tertiary/aromatic N) is 7. The molecule has 4 heterocycles. The number of carbonyl (C=O) groups excluding carboxylic acids is 1. The van der Waals surface area contributed by atoms with E-state index in [9.17, 15) is 4.79 Å². The number of hydrogen-bond acceptors (Lipinski definition) is 7. The molecule has 1 saturated heterocycles. The van der Waals surface area contributed by atoms with Gasteiger partial charge in [-0.25, -0.2) is 9.67 Å². The second-order valence-electron chi connectivity index (χ2n) is 8.03. The minimum atomic E-state index is -0.609. The Balaban J connectivity index is 1.55. The van der Waals surface area contributed by atoms with Crippen molar-refractivity contribution in [2.45, 2.75) is 33.2 Å². The van der Waals surface area contributed by atoms with E-state index < -0.39 is 5.91 Å². The number of aromatic nitrogens is 5. The molecule has 161 valence electrons. The molecule has 3 aromatic rings. The van der Waals surface area contributed by atoms with Crippen LogP contribution in [0.2, 0.25) is 0 Å². The number of carbonyl (C=O) groups is 1. The van der Waals surface area contributed by atoms with Crippen LogP contribution in [0.5, 0.6) is 0 Å². The monoisotopic (exact) mass is 419 g/mol. The molecule has 0 unspecified atom stereocenters. The number of aryl methyl sites for hydroxylation is 1. The summed E-state index contributed by atoms with van der Waals surface area (Å²) < 4.78 is 1.62. The van der Waals surface area contributed by atoms with Crippen molar-refractivity contribution in [2.75, 3.05) is 31.1 Å². The summed E-state index contributed by atoms with van der Waals surface area (Å²) in [6.45, 7) is 10.4. The summed E-state index contributed by atoms with van der Waals surface area (Å²) in [6.07, 6.45) is 6.65. The van der Waals surface area contributed by atoms with Gasteiger partial charge < -0.3 is 10.6 Å². The van der Waals surface area contributed by atoms with Crippen molar-refractivity contribution in [3.8, 4) is 16.9 Å². The first-order chi connectivity index (χ1) is 14.9. The molecule has 0 aliphatic carbocycles. The zero-order valence-electron chi connectivity index (χ0n) is 18.1. The molecule has 31 heavy (non-hydrogen) atoms. The number of hydrogen-bond donors (Lipinski definition) is 1. The molecule has 1 radical (unpaired) electrons. The Hall–Kier alpha value is -3.33. The maximum absolute atomic E-state index is 11.3. The normalized spacial score (nSPS) is 15.3. The summed E-state index contributed by atoms with van der Waals surface area (Å²) in [7, 11) is 0. The maximum Gasteiger partial charge on any atom is 0.267 e. The summed E-state index contributed by atoms with van der Waals surface area (Å²) in [4.78, 5) is 24.8. The fraction of sp³-hybridized carbons (Fsp3) is 0.409. The van der Waals surface area contributed by atoms with Gasteiger partial charge in [-0.15, -0.1) is 5.10 Å². The average Bonchev–Trinajstić information content (AvgIpc) is 3.10. The lowest BCUT2D eigenvalue weighted by molar-refractivity contribution is 0.0995. The topological polar surface area (TPSA) is 106 Å². The maximum atomic E-state index is 11.3. The van der Waals surface area contributed by atoms with Crippen molar-refractivity contribution in [3.63, 3.8) is 0 Å². The van der Waals surface area contributed by atoms with Crippen molar-refractivity contribution in [2.24, 2.45) is 5.73 Å². The molecular weight excluding hydrogens is 392 g/mol. The molecule has 0 atom stereocenters. The fourth-order valence-electron chi connectivity index (χ4n) is 3.82. The summed E-state index contributed by atoms with van der Waals surface area (Å²) in [5.41, 5.74) is 9.40. The van der Waals surface area contributed by atoms with E-state index in [-0.39, 0.29) is 5.69 Å². The molecule has 1 aliphatic rings. The second kappa shape index (κ2) is 8.81. The highest BCUT2D eigenvalue weighted by molar-refractivity contribution is 5.90. The van der Waals surface area contributed by atoms with Crippen molar-refractivity contribution in [1.29, 1.82) is 0 Å². The number of primary amides is 1. The Morgan fingerprint density at radius 3 is 2.77 bits per heavy atom. The van der Waals surface area contributed by atoms with Gasteiger partial charge in [0, 0.05) is 50.0 Å². The van der Waals surface area contributed by atoms with Gasteiger partial charge in [0.25, 0.3) is 5.91 Å². The van der Waals surface area contributed by atoms with E-state index in [2.05, 4.69) is 56.1 Å². The predicted octanol–water partition coefficient (Wildman–Crippen LogP) is 1.85. The third-order valence-corrected chi connectivity index (χ3v) is 5.61. The van der Waals surface area contributed by atoms with E-state index in [0.717, 1.165) is 43.9 Å². The van der Waals surface area contributed by atoms with Gasteiger partial charge in [-0.1, -0.05) is 5.21 Å². The molecule has 1 fully saturated rings. The van der Waals surface area contributed by atoms with Crippen LogP contribution in [0.25, 0.3) is 16.9 Å². The molecule has 1 aliphatic heterocycles. The molecule has 9 nitrogen and oxygen atoms in total. The standard InChI is InChI=1S/C22H27N8O/c1-15(2)28-7-4-8-29(10-9-28)18-11-17(12-24-13-18)20-14-30(27-26-20)21-6-5-19(22(23)31)25-16(21)3/h6,11-15H,4,7-10H2,1-3H3,(H2,23,31). The number of amides is 1. The third-order valence-electron chi connectivity index (χ3n) is 5.61. The highest BCUT2D eigenvalue weighted by Gasteiger charge is 2.18. The van der Waals surface area contributed by atoms with Crippen LogP contribution in [0.1, 0.15) is 36.5 Å². The molecule has 0 bridgehead atoms. The van der Waals surface area contributed by atoms with Crippen molar-refractivity contribution in [1.82, 2.24) is 29.9 Å². The van der Waals surface area contributed by atoms with Crippen molar-refractivity contribution >= 4 is 11.6 Å². The van der Waals surface area contributed by atoms with Crippen molar-refractivity contribution < 1.29 is 4.79 Å². The highest BCUT2D eigenvalue weighted by atomic mass is 16.1. The average molecular weight is 420 g/mol. The lowest BCUT2D eigenvalue weighted by Gasteiger charge is -2.25. The molecule has 0 saturated carbocycles. The number of pyridine rings is 2. The van der Waals surface area contributed by atoms with Gasteiger partial charge >= 0.3 is 0 Å². The van der Waals surface area contributed by atoms with Gasteiger partial charge in [-0.2, -0.15) is 0 Å². The summed E-state index contributed by atoms with van der Waals surface area (Å²) in [5.74, 6) is -0.609. The molecule has 2 N–H and O–H groups in total. The van der Waals surface area contributed by atoms with E-state index in [1.807, 2.05) is 12.4 Å². The van der Waals surface area contributed by atoms with Gasteiger partial charge in [-0.3, -0.25) is 14.7 Å². The SMILES string of the molecule is Cc1nc(C(N)=O)[c]cc1-n1cc(-c2cncc(N3CCCN(C(C)C)CC3)c2)nn1. The van der Waals surface area contributed by atoms with Gasteiger partial charge in [0.1, 0.15) is 11.4 Å². The van der Waals surface area contributed by atoms with Gasteiger partial charge in [-0.05, 0) is 39.3 Å². The number of anilines is 1. The Labute approximate surface area is 181 Å². The Morgan fingerprint density at radius 1 is 1.19 bits per heavy atom. The Bertz CT molecular complexity index is 1080. The summed E-state index contributed by atoms with van der Waals surface area (Å²) >= 11 is 0. The van der Waals surface area contributed by atoms with Crippen molar-refractivity contribution in [3.05, 3.63) is 48.2 Å². The third kappa shape index (κ3) is 4.56. The predicted molar refractivity (Wildman–Crippen MR) is 118 cm³/mol. The van der Waals surface area contributed by atoms with Gasteiger partial charge in [0.15, 0.2) is 0 Å². The first kappa shape index (κ1) is 20.9. The summed E-state index contributed by atoms with van der Waals surface area (Å²) in [5, 5.41) is 8.54. The Morgan fingerprint density at radius 2 is 2.03 bits per heavy atom. The van der Waals surface area contributed by atoms with Crippen LogP contribution in [-0.2, 0) is 0 Å². The Kier molecular flexibility index (Phi) is 5.94. The van der Waals surface area contributed by atoms with E-state index in [0.29, 0.717) is 23.1 Å². The van der Waals surface area contributed by atoms with Gasteiger partial charge in [0.05, 0.1) is 29.5 Å². The highest BCUT2D eigenvalue weighted by Crippen LogP contribution is 2.24. The van der Waals surface area contributed by atoms with E-state index >= 15 is 0 Å². The molecule has 0 spiro atoms. The molecule has 4 rings (SSSR count). The van der Waals surface area contributed by atoms with Gasteiger partial charge in [0.2, 0.25) is 0 Å². The minimum absolute atomic E-state index is 0.104. The molecule has 1 amide bonds. The number of rotatable bonds is 5. The lowest BCUT2D eigenvalue weighted by Crippen LogP contribution is -2.35. The zero-order chi connectivity index (χ0) is 22.0. The van der Waals surface area contributed by atoms with Crippen LogP contribution < -0.4 is 10.6 Å². The first-order valence-electron chi connectivity index (χ1n) is 10.5. The number of nitrogens with two attached hydrogens (primary N) is 1. The largest absolute Gasteiger partial charge is 0.369 e. The summed E-state index contributed by atoms with van der Waals surface area (Å²) in [6, 6.07) is 7.12. The zero-order valence-corrected chi connectivity index (χ0v) is 18.1. The molecule has 0 aromatic carbocycles. The quantitative estimate of drug-likeness (QED) is 0.673. The molecular formula is C22H27N8O. The molecule has 9 heteroatoms. The lowest BCUT2D eigenvalue weighted by atomic mass is 10.2. The van der Waals surface area contributed by atoms with Crippen LogP contribution in [-0.4, -0.2) is 68.0 Å². The fourth-order valence-corrected chi connectivity index (χ4v) is 3.82. The smallest absolute Gasteiger partial charge is 0.267 e. The van der Waals surface area contributed by atoms with Crippen LogP contribution in [0, 0.1) is 13.0 Å².